The predicted molar refractivity (Wildman–Crippen MR) is 42.2 cm³/mol. The highest BCUT2D eigenvalue weighted by atomic mass is 19.1. The van der Waals surface area contributed by atoms with Crippen molar-refractivity contribution in [2.45, 2.75) is 6.29 Å². The van der Waals surface area contributed by atoms with Crippen LogP contribution in [0, 0.1) is 6.08 Å². The van der Waals surface area contributed by atoms with E-state index in [-0.39, 0.29) is 5.69 Å². The molecule has 0 bridgehead atoms. The van der Waals surface area contributed by atoms with E-state index in [2.05, 4.69) is 15.6 Å². The lowest BCUT2D eigenvalue weighted by Gasteiger charge is -2.21. The Bertz CT molecular complexity index is 373. The van der Waals surface area contributed by atoms with Crippen LogP contribution in [-0.4, -0.2) is 21.7 Å². The molecule has 7 heteroatoms. The minimum Gasteiger partial charge on any atom is -0.337 e. The van der Waals surface area contributed by atoms with Gasteiger partial charge in [-0.2, -0.15) is 9.37 Å². The number of hydrogen-bond donors (Lipinski definition) is 3. The Hall–Kier alpha value is -1.63. The van der Waals surface area contributed by atoms with Crippen LogP contribution in [0.25, 0.3) is 0 Å². The van der Waals surface area contributed by atoms with Crippen LogP contribution in [0.3, 0.4) is 0 Å². The van der Waals surface area contributed by atoms with Crippen LogP contribution in [0.5, 0.6) is 0 Å². The highest BCUT2D eigenvalue weighted by Crippen LogP contribution is 2.18. The quantitative estimate of drug-likeness (QED) is 0.482. The first kappa shape index (κ1) is 7.99. The SMILES string of the molecule is Cn1c(F)nc2c1NC(N)NC2=O. The summed E-state index contributed by atoms with van der Waals surface area (Å²) >= 11 is 0. The van der Waals surface area contributed by atoms with E-state index in [0.717, 1.165) is 4.57 Å². The molecule has 1 aromatic heterocycles. The Morgan fingerprint density at radius 3 is 3.00 bits per heavy atom. The van der Waals surface area contributed by atoms with Gasteiger partial charge < -0.3 is 10.6 Å². The Morgan fingerprint density at radius 2 is 2.31 bits per heavy atom. The van der Waals surface area contributed by atoms with Gasteiger partial charge in [0.15, 0.2) is 12.0 Å². The molecule has 0 spiro atoms. The first-order chi connectivity index (χ1) is 6.09. The maximum atomic E-state index is 12.9. The second-order valence-electron chi connectivity index (χ2n) is 2.73. The van der Waals surface area contributed by atoms with Gasteiger partial charge in [0, 0.05) is 7.05 Å². The summed E-state index contributed by atoms with van der Waals surface area (Å²) in [5.74, 6) is -0.172. The smallest absolute Gasteiger partial charge is 0.291 e. The van der Waals surface area contributed by atoms with Crippen molar-refractivity contribution in [3.05, 3.63) is 11.8 Å². The molecule has 0 saturated carbocycles. The van der Waals surface area contributed by atoms with Crippen LogP contribution in [0.2, 0.25) is 0 Å². The number of halogens is 1. The number of aromatic nitrogens is 2. The molecular formula is C6H8FN5O. The van der Waals surface area contributed by atoms with Crippen molar-refractivity contribution in [1.82, 2.24) is 14.9 Å². The molecule has 4 N–H and O–H groups in total. The summed E-state index contributed by atoms with van der Waals surface area (Å²) in [6, 6.07) is 0. The number of hydrogen-bond acceptors (Lipinski definition) is 4. The Labute approximate surface area is 72.9 Å². The van der Waals surface area contributed by atoms with Gasteiger partial charge in [0.1, 0.15) is 5.82 Å². The largest absolute Gasteiger partial charge is 0.337 e. The summed E-state index contributed by atoms with van der Waals surface area (Å²) in [4.78, 5) is 14.6. The van der Waals surface area contributed by atoms with E-state index in [0.29, 0.717) is 5.82 Å². The van der Waals surface area contributed by atoms with Gasteiger partial charge in [-0.1, -0.05) is 0 Å². The Kier molecular flexibility index (Phi) is 1.49. The third kappa shape index (κ3) is 1.04. The monoisotopic (exact) mass is 185 g/mol. The van der Waals surface area contributed by atoms with Crippen molar-refractivity contribution >= 4 is 11.7 Å². The maximum Gasteiger partial charge on any atom is 0.291 e. The topological polar surface area (TPSA) is 85.0 Å². The van der Waals surface area contributed by atoms with E-state index in [9.17, 15) is 9.18 Å². The highest BCUT2D eigenvalue weighted by Gasteiger charge is 2.27. The first-order valence-corrected chi connectivity index (χ1v) is 3.65. The van der Waals surface area contributed by atoms with Crippen molar-refractivity contribution in [1.29, 1.82) is 0 Å². The zero-order valence-corrected chi connectivity index (χ0v) is 6.84. The molecule has 1 atom stereocenters. The third-order valence-corrected chi connectivity index (χ3v) is 1.83. The zero-order valence-electron chi connectivity index (χ0n) is 6.84. The molecule has 1 aliphatic heterocycles. The third-order valence-electron chi connectivity index (χ3n) is 1.83. The van der Waals surface area contributed by atoms with Crippen LogP contribution in [0.15, 0.2) is 0 Å². The van der Waals surface area contributed by atoms with Crippen LogP contribution < -0.4 is 16.4 Å². The number of carbonyl (C=O) groups is 1. The molecule has 0 saturated heterocycles. The van der Waals surface area contributed by atoms with Crippen molar-refractivity contribution in [3.63, 3.8) is 0 Å². The average molecular weight is 185 g/mol. The molecule has 0 fully saturated rings. The van der Waals surface area contributed by atoms with E-state index < -0.39 is 18.3 Å². The summed E-state index contributed by atoms with van der Waals surface area (Å²) in [5, 5.41) is 5.05. The van der Waals surface area contributed by atoms with E-state index in [1.165, 1.54) is 7.05 Å². The summed E-state index contributed by atoms with van der Waals surface area (Å²) < 4.78 is 14.0. The lowest BCUT2D eigenvalue weighted by atomic mass is 10.3. The van der Waals surface area contributed by atoms with Crippen LogP contribution in [-0.2, 0) is 7.05 Å². The molecule has 1 unspecified atom stereocenters. The fourth-order valence-electron chi connectivity index (χ4n) is 1.19. The van der Waals surface area contributed by atoms with Gasteiger partial charge in [-0.25, -0.2) is 0 Å². The Morgan fingerprint density at radius 1 is 1.62 bits per heavy atom. The van der Waals surface area contributed by atoms with Crippen LogP contribution in [0.4, 0.5) is 10.2 Å². The van der Waals surface area contributed by atoms with Crippen LogP contribution in [0.1, 0.15) is 10.5 Å². The van der Waals surface area contributed by atoms with Gasteiger partial charge in [0.05, 0.1) is 0 Å². The fraction of sp³-hybridized carbons (Fsp3) is 0.333. The predicted octanol–water partition coefficient (Wildman–Crippen LogP) is -1.04. The highest BCUT2D eigenvalue weighted by molar-refractivity contribution is 5.98. The van der Waals surface area contributed by atoms with Gasteiger partial charge in [-0.15, -0.1) is 0 Å². The second kappa shape index (κ2) is 2.43. The number of carbonyl (C=O) groups excluding carboxylic acids is 1. The summed E-state index contributed by atoms with van der Waals surface area (Å²) in [5.41, 5.74) is 5.44. The van der Waals surface area contributed by atoms with Crippen molar-refractivity contribution in [3.8, 4) is 0 Å². The number of fused-ring (bicyclic) bond motifs is 1. The van der Waals surface area contributed by atoms with Crippen molar-refractivity contribution < 1.29 is 9.18 Å². The lowest BCUT2D eigenvalue weighted by molar-refractivity contribution is 0.0931. The van der Waals surface area contributed by atoms with Gasteiger partial charge >= 0.3 is 0 Å². The van der Waals surface area contributed by atoms with Crippen molar-refractivity contribution in [2.24, 2.45) is 12.8 Å². The van der Waals surface area contributed by atoms with Crippen molar-refractivity contribution in [2.75, 3.05) is 5.32 Å². The van der Waals surface area contributed by atoms with Gasteiger partial charge in [-0.05, 0) is 0 Å². The number of amides is 1. The summed E-state index contributed by atoms with van der Waals surface area (Å²) in [7, 11) is 1.46. The number of anilines is 1. The minimum atomic E-state index is -0.721. The molecule has 6 nitrogen and oxygen atoms in total. The number of rotatable bonds is 0. The van der Waals surface area contributed by atoms with Crippen LogP contribution >= 0.6 is 0 Å². The molecule has 1 aromatic rings. The molecule has 1 aliphatic rings. The standard InChI is InChI=1S/C6H8FN5O/c1-12-3-2(9-5(12)7)4(13)11-6(8)10-3/h6,10H,8H2,1H3,(H,11,13). The van der Waals surface area contributed by atoms with Gasteiger partial charge in [0.25, 0.3) is 12.0 Å². The summed E-state index contributed by atoms with van der Waals surface area (Å²) in [6.07, 6.45) is -1.42. The number of nitrogens with two attached hydrogens (primary N) is 1. The maximum absolute atomic E-state index is 12.9. The lowest BCUT2D eigenvalue weighted by Crippen LogP contribution is -2.51. The number of nitrogens with one attached hydrogen (secondary N) is 2. The summed E-state index contributed by atoms with van der Waals surface area (Å²) in [6.45, 7) is 0. The molecule has 2 rings (SSSR count). The fourth-order valence-corrected chi connectivity index (χ4v) is 1.19. The normalized spacial score (nSPS) is 20.5. The van der Waals surface area contributed by atoms with E-state index in [1.807, 2.05) is 0 Å². The van der Waals surface area contributed by atoms with E-state index in [1.54, 1.807) is 0 Å². The first-order valence-electron chi connectivity index (χ1n) is 3.65. The van der Waals surface area contributed by atoms with Gasteiger partial charge in [-0.3, -0.25) is 15.1 Å². The van der Waals surface area contributed by atoms with E-state index >= 15 is 0 Å². The minimum absolute atomic E-state index is 0.0294. The molecule has 1 amide bonds. The Balaban J connectivity index is 2.55. The molecular weight excluding hydrogens is 177 g/mol. The molecule has 0 radical (unpaired) electrons. The number of nitrogens with zero attached hydrogens (tertiary/aromatic N) is 2. The molecule has 13 heavy (non-hydrogen) atoms. The molecule has 70 valence electrons. The second-order valence-corrected chi connectivity index (χ2v) is 2.73. The molecule has 0 aromatic carbocycles. The zero-order chi connectivity index (χ0) is 9.59. The molecule has 2 heterocycles. The number of imidazole rings is 1. The van der Waals surface area contributed by atoms with E-state index in [4.69, 9.17) is 5.73 Å². The van der Waals surface area contributed by atoms with Gasteiger partial charge in [0.2, 0.25) is 0 Å². The average Bonchev–Trinajstić information content (AvgIpc) is 2.32. The molecule has 0 aliphatic carbocycles.